The third-order valence-electron chi connectivity index (χ3n) is 6.35. The summed E-state index contributed by atoms with van der Waals surface area (Å²) in [5.41, 5.74) is 2.76. The maximum atomic E-state index is 13.9. The zero-order valence-corrected chi connectivity index (χ0v) is 20.7. The van der Waals surface area contributed by atoms with Crippen LogP contribution < -0.4 is 0 Å². The number of aromatic carboxylic acids is 1. The van der Waals surface area contributed by atoms with Crippen molar-refractivity contribution in [3.8, 4) is 0 Å². The van der Waals surface area contributed by atoms with Crippen LogP contribution in [0, 0.1) is 0 Å². The summed E-state index contributed by atoms with van der Waals surface area (Å²) in [6.07, 6.45) is 5.17. The summed E-state index contributed by atoms with van der Waals surface area (Å²) in [5, 5.41) is 9.88. The van der Waals surface area contributed by atoms with E-state index in [-0.39, 0.29) is 17.5 Å². The smallest absolute Gasteiger partial charge is 0.335 e. The highest BCUT2D eigenvalue weighted by molar-refractivity contribution is 6.47. The highest BCUT2D eigenvalue weighted by Crippen LogP contribution is 2.40. The monoisotopic (exact) mass is 468 g/mol. The van der Waals surface area contributed by atoms with Gasteiger partial charge in [0.2, 0.25) is 0 Å². The number of rotatable bonds is 10. The molecule has 0 aromatic heterocycles. The van der Waals surface area contributed by atoms with Gasteiger partial charge in [0, 0.05) is 10.6 Å². The Kier molecular flexibility index (Phi) is 7.96. The van der Waals surface area contributed by atoms with Gasteiger partial charge in [0.15, 0.2) is 0 Å². The Morgan fingerprint density at radius 2 is 1.82 bits per heavy atom. The van der Waals surface area contributed by atoms with E-state index in [9.17, 15) is 14.7 Å². The van der Waals surface area contributed by atoms with E-state index in [2.05, 4.69) is 20.8 Å². The summed E-state index contributed by atoms with van der Waals surface area (Å²) >= 11 is 6.37. The summed E-state index contributed by atoms with van der Waals surface area (Å²) in [4.78, 5) is 32.2. The van der Waals surface area contributed by atoms with Gasteiger partial charge in [0.25, 0.3) is 5.91 Å². The van der Waals surface area contributed by atoms with E-state index in [0.29, 0.717) is 10.7 Å². The molecule has 0 fully saturated rings. The lowest BCUT2D eigenvalue weighted by atomic mass is 9.94. The molecule has 176 valence electrons. The number of halogens is 1. The molecule has 3 rings (SSSR count). The number of nitrogens with zero attached hydrogens (tertiary/aromatic N) is 2. The van der Waals surface area contributed by atoms with E-state index in [0.717, 1.165) is 55.2 Å². The first kappa shape index (κ1) is 25.0. The first-order valence-corrected chi connectivity index (χ1v) is 12.2. The minimum Gasteiger partial charge on any atom is -0.478 e. The molecule has 0 saturated heterocycles. The second-order valence-electron chi connectivity index (χ2n) is 8.89. The van der Waals surface area contributed by atoms with Crippen molar-refractivity contribution in [2.75, 3.05) is 0 Å². The number of hydrogen-bond acceptors (Lipinski definition) is 3. The number of amides is 1. The normalized spacial score (nSPS) is 19.0. The molecule has 0 aliphatic carbocycles. The summed E-state index contributed by atoms with van der Waals surface area (Å²) < 4.78 is 0. The molecule has 0 saturated carbocycles. The molecule has 1 amide bonds. The van der Waals surface area contributed by atoms with E-state index >= 15 is 0 Å². The van der Waals surface area contributed by atoms with Crippen molar-refractivity contribution in [2.45, 2.75) is 77.9 Å². The van der Waals surface area contributed by atoms with Crippen LogP contribution in [0.5, 0.6) is 0 Å². The highest BCUT2D eigenvalue weighted by atomic mass is 35.5. The van der Waals surface area contributed by atoms with Gasteiger partial charge >= 0.3 is 5.97 Å². The van der Waals surface area contributed by atoms with Gasteiger partial charge in [-0.2, -0.15) is 0 Å². The van der Waals surface area contributed by atoms with Gasteiger partial charge in [0.05, 0.1) is 11.6 Å². The molecule has 2 unspecified atom stereocenters. The maximum absolute atomic E-state index is 13.9. The number of carboxylic acid groups (broad SMARTS) is 1. The van der Waals surface area contributed by atoms with Crippen molar-refractivity contribution >= 4 is 29.2 Å². The molecule has 2 atom stereocenters. The van der Waals surface area contributed by atoms with E-state index in [1.54, 1.807) is 12.1 Å². The topological polar surface area (TPSA) is 70.0 Å². The minimum atomic E-state index is -0.961. The minimum absolute atomic E-state index is 0.0984. The molecule has 2 aromatic rings. The Labute approximate surface area is 201 Å². The fourth-order valence-electron chi connectivity index (χ4n) is 4.59. The fourth-order valence-corrected chi connectivity index (χ4v) is 4.84. The molecule has 6 heteroatoms. The number of aliphatic imine (C=N–C) groups is 1. The number of aryl methyl sites for hydroxylation is 1. The maximum Gasteiger partial charge on any atom is 0.335 e. The summed E-state index contributed by atoms with van der Waals surface area (Å²) in [6, 6.07) is 12.4. The lowest BCUT2D eigenvalue weighted by Gasteiger charge is -2.39. The Morgan fingerprint density at radius 3 is 2.39 bits per heavy atom. The Balaban J connectivity index is 2.08. The first-order chi connectivity index (χ1) is 15.7. The number of unbranched alkanes of at least 4 members (excludes halogenated alkanes) is 1. The summed E-state index contributed by atoms with van der Waals surface area (Å²) in [6.45, 7) is 8.32. The largest absolute Gasteiger partial charge is 0.478 e. The molecule has 5 nitrogen and oxygen atoms in total. The van der Waals surface area contributed by atoms with Gasteiger partial charge in [-0.15, -0.1) is 0 Å². The van der Waals surface area contributed by atoms with Crippen LogP contribution in [-0.2, 0) is 11.2 Å². The quantitative estimate of drug-likeness (QED) is 0.422. The van der Waals surface area contributed by atoms with Gasteiger partial charge in [-0.1, -0.05) is 57.3 Å². The third kappa shape index (κ3) is 5.30. The number of hydrogen-bond donors (Lipinski definition) is 1. The molecule has 1 aliphatic heterocycles. The molecule has 0 bridgehead atoms. The zero-order valence-electron chi connectivity index (χ0n) is 19.9. The average Bonchev–Trinajstić information content (AvgIpc) is 3.06. The highest BCUT2D eigenvalue weighted by Gasteiger charge is 2.47. The zero-order chi connectivity index (χ0) is 24.2. The first-order valence-electron chi connectivity index (χ1n) is 11.8. The molecule has 2 aromatic carbocycles. The van der Waals surface area contributed by atoms with Crippen molar-refractivity contribution < 1.29 is 14.7 Å². The molecule has 0 radical (unpaired) electrons. The van der Waals surface area contributed by atoms with Crippen LogP contribution >= 0.6 is 11.6 Å². The molecule has 1 aliphatic rings. The van der Waals surface area contributed by atoms with E-state index in [4.69, 9.17) is 16.6 Å². The van der Waals surface area contributed by atoms with Crippen LogP contribution in [0.3, 0.4) is 0 Å². The number of carbonyl (C=O) groups is 2. The van der Waals surface area contributed by atoms with E-state index in [1.165, 1.54) is 0 Å². The predicted octanol–water partition coefficient (Wildman–Crippen LogP) is 6.68. The number of carbonyl (C=O) groups excluding carboxylic acids is 1. The fraction of sp³-hybridized carbons (Fsp3) is 0.444. The average molecular weight is 469 g/mol. The van der Waals surface area contributed by atoms with E-state index < -0.39 is 11.6 Å². The lowest BCUT2D eigenvalue weighted by molar-refractivity contribution is -0.131. The molecule has 1 N–H and O–H groups in total. The number of benzene rings is 2. The van der Waals surface area contributed by atoms with Gasteiger partial charge in [0.1, 0.15) is 11.4 Å². The molecule has 0 spiro atoms. The van der Waals surface area contributed by atoms with Crippen molar-refractivity contribution in [3.05, 3.63) is 69.7 Å². The van der Waals surface area contributed by atoms with Crippen molar-refractivity contribution in [1.82, 2.24) is 4.90 Å². The molecule has 33 heavy (non-hydrogen) atoms. The lowest BCUT2D eigenvalue weighted by Crippen LogP contribution is -2.47. The molecular weight excluding hydrogens is 436 g/mol. The predicted molar refractivity (Wildman–Crippen MR) is 133 cm³/mol. The second-order valence-corrected chi connectivity index (χ2v) is 9.33. The van der Waals surface area contributed by atoms with Gasteiger partial charge < -0.3 is 10.0 Å². The van der Waals surface area contributed by atoms with Gasteiger partial charge in [-0.05, 0) is 74.1 Å². The van der Waals surface area contributed by atoms with Crippen LogP contribution in [0.25, 0.3) is 0 Å². The van der Waals surface area contributed by atoms with Crippen molar-refractivity contribution in [3.63, 3.8) is 0 Å². The standard InChI is InChI=1S/C27H33ClN2O3/c1-5-8-14-27(4)29-24(21-15-18(7-3)16-22(28)17-21)25(31)30(27)23(9-6-2)19-10-12-20(13-11-19)26(32)33/h10-13,15-17,23H,5-9,14H2,1-4H3,(H,32,33). The SMILES string of the molecule is CCCCC1(C)N=C(c2cc(Cl)cc(CC)c2)C(=O)N1C(CCC)c1ccc(C(=O)O)cc1. The van der Waals surface area contributed by atoms with E-state index in [1.807, 2.05) is 42.2 Å². The van der Waals surface area contributed by atoms with Crippen molar-refractivity contribution in [1.29, 1.82) is 0 Å². The van der Waals surface area contributed by atoms with Gasteiger partial charge in [-0.25, -0.2) is 4.79 Å². The van der Waals surface area contributed by atoms with Crippen molar-refractivity contribution in [2.24, 2.45) is 4.99 Å². The molecule has 1 heterocycles. The van der Waals surface area contributed by atoms with Crippen LogP contribution in [0.1, 0.15) is 92.9 Å². The Hall–Kier alpha value is -2.66. The Morgan fingerprint density at radius 1 is 1.12 bits per heavy atom. The summed E-state index contributed by atoms with van der Waals surface area (Å²) in [7, 11) is 0. The molecular formula is C27H33ClN2O3. The van der Waals surface area contributed by atoms with Crippen LogP contribution in [-0.4, -0.2) is 33.3 Å². The van der Waals surface area contributed by atoms with Crippen LogP contribution in [0.15, 0.2) is 47.5 Å². The Bertz CT molecular complexity index is 1050. The van der Waals surface area contributed by atoms with Crippen LogP contribution in [0.4, 0.5) is 0 Å². The van der Waals surface area contributed by atoms with Crippen LogP contribution in [0.2, 0.25) is 5.02 Å². The number of carboxylic acids is 1. The third-order valence-corrected chi connectivity index (χ3v) is 6.57. The summed E-state index contributed by atoms with van der Waals surface area (Å²) in [5.74, 6) is -1.06. The van der Waals surface area contributed by atoms with Gasteiger partial charge in [-0.3, -0.25) is 9.79 Å². The second kappa shape index (κ2) is 10.5.